The number of carbonyl (C=O) groups excluding carboxylic acids is 1. The Morgan fingerprint density at radius 2 is 2.31 bits per heavy atom. The fourth-order valence-electron chi connectivity index (χ4n) is 3.06. The number of hydrogen-bond acceptors (Lipinski definition) is 6. The van der Waals surface area contributed by atoms with Gasteiger partial charge < -0.3 is 14.6 Å². The minimum absolute atomic E-state index is 0.0795. The van der Waals surface area contributed by atoms with Gasteiger partial charge in [0.05, 0.1) is 5.69 Å². The predicted octanol–water partition coefficient (Wildman–Crippen LogP) is 2.31. The molecular formula is C18H27N5O3. The van der Waals surface area contributed by atoms with Crippen molar-refractivity contribution in [2.24, 2.45) is 5.92 Å². The average Bonchev–Trinajstić information content (AvgIpc) is 3.34. The molecule has 0 radical (unpaired) electrons. The first-order valence-electron chi connectivity index (χ1n) is 9.35. The Bertz CT molecular complexity index is 731. The number of rotatable bonds is 8. The Morgan fingerprint density at radius 3 is 3.00 bits per heavy atom. The van der Waals surface area contributed by atoms with Crippen LogP contribution in [0.4, 0.5) is 0 Å². The zero-order chi connectivity index (χ0) is 18.5. The van der Waals surface area contributed by atoms with Crippen molar-refractivity contribution in [2.45, 2.75) is 59.1 Å². The third-order valence-corrected chi connectivity index (χ3v) is 4.30. The van der Waals surface area contributed by atoms with Gasteiger partial charge in [0, 0.05) is 26.1 Å². The van der Waals surface area contributed by atoms with Crippen LogP contribution in [-0.4, -0.2) is 39.0 Å². The molecule has 2 aromatic heterocycles. The van der Waals surface area contributed by atoms with Crippen molar-refractivity contribution >= 4 is 5.91 Å². The molecule has 1 N–H and O–H groups in total. The molecule has 8 heteroatoms. The number of nitrogens with one attached hydrogen (secondary N) is 1. The summed E-state index contributed by atoms with van der Waals surface area (Å²) in [6, 6.07) is 1.88. The quantitative estimate of drug-likeness (QED) is 0.775. The lowest BCUT2D eigenvalue weighted by molar-refractivity contribution is 0.0835. The molecule has 0 aliphatic carbocycles. The summed E-state index contributed by atoms with van der Waals surface area (Å²) in [6.45, 7) is 8.10. The molecular weight excluding hydrogens is 334 g/mol. The molecule has 0 unspecified atom stereocenters. The van der Waals surface area contributed by atoms with Crippen LogP contribution in [-0.2, 0) is 24.1 Å². The van der Waals surface area contributed by atoms with Crippen LogP contribution in [0, 0.1) is 5.92 Å². The number of aromatic nitrogens is 4. The van der Waals surface area contributed by atoms with Gasteiger partial charge in [-0.3, -0.25) is 9.48 Å². The topological polar surface area (TPSA) is 95.1 Å². The first-order valence-corrected chi connectivity index (χ1v) is 9.35. The lowest BCUT2D eigenvalue weighted by Crippen LogP contribution is -2.28. The molecule has 2 aromatic rings. The van der Waals surface area contributed by atoms with Crippen LogP contribution in [0.5, 0.6) is 0 Å². The first kappa shape index (κ1) is 18.6. The van der Waals surface area contributed by atoms with Crippen LogP contribution < -0.4 is 5.32 Å². The summed E-state index contributed by atoms with van der Waals surface area (Å²) in [6.07, 6.45) is 3.23. The second kappa shape index (κ2) is 8.44. The van der Waals surface area contributed by atoms with Crippen molar-refractivity contribution in [1.82, 2.24) is 25.2 Å². The smallest absolute Gasteiger partial charge is 0.269 e. The molecule has 0 bridgehead atoms. The summed E-state index contributed by atoms with van der Waals surface area (Å²) in [5, 5.41) is 11.4. The Morgan fingerprint density at radius 1 is 1.46 bits per heavy atom. The molecule has 1 amide bonds. The van der Waals surface area contributed by atoms with Crippen molar-refractivity contribution < 1.29 is 14.1 Å². The van der Waals surface area contributed by atoms with Gasteiger partial charge in [0.25, 0.3) is 11.8 Å². The molecule has 1 aliphatic rings. The fourth-order valence-corrected chi connectivity index (χ4v) is 3.06. The lowest BCUT2D eigenvalue weighted by atomic mass is 10.1. The van der Waals surface area contributed by atoms with Crippen molar-refractivity contribution in [3.05, 3.63) is 29.2 Å². The Balaban J connectivity index is 1.53. The van der Waals surface area contributed by atoms with Gasteiger partial charge >= 0.3 is 0 Å². The molecule has 26 heavy (non-hydrogen) atoms. The van der Waals surface area contributed by atoms with E-state index < -0.39 is 0 Å². The normalized spacial score (nSPS) is 17.2. The SMILES string of the molecule is CCn1nc(CC(C)C)cc1C(=O)NCCc1noc([C@H]2CCCO2)n1. The molecule has 0 spiro atoms. The molecule has 8 nitrogen and oxygen atoms in total. The predicted molar refractivity (Wildman–Crippen MR) is 94.7 cm³/mol. The van der Waals surface area contributed by atoms with Gasteiger partial charge in [0.15, 0.2) is 5.82 Å². The van der Waals surface area contributed by atoms with Crippen molar-refractivity contribution in [2.75, 3.05) is 13.2 Å². The van der Waals surface area contributed by atoms with E-state index in [4.69, 9.17) is 9.26 Å². The van der Waals surface area contributed by atoms with Crippen LogP contribution in [0.2, 0.25) is 0 Å². The zero-order valence-corrected chi connectivity index (χ0v) is 15.7. The first-order chi connectivity index (χ1) is 12.6. The highest BCUT2D eigenvalue weighted by Gasteiger charge is 2.23. The van der Waals surface area contributed by atoms with E-state index in [1.165, 1.54) is 0 Å². The lowest BCUT2D eigenvalue weighted by Gasteiger charge is -2.05. The standard InChI is InChI=1S/C18H27N5O3/c1-4-23-14(11-13(21-23)10-12(2)3)17(24)19-8-7-16-20-18(26-22-16)15-6-5-9-25-15/h11-12,15H,4-10H2,1-3H3,(H,19,24)/t15-/m1/s1. The van der Waals surface area contributed by atoms with Crippen molar-refractivity contribution in [1.29, 1.82) is 0 Å². The Labute approximate surface area is 153 Å². The van der Waals surface area contributed by atoms with E-state index in [1.807, 2.05) is 13.0 Å². The maximum Gasteiger partial charge on any atom is 0.269 e. The Hall–Kier alpha value is -2.22. The summed E-state index contributed by atoms with van der Waals surface area (Å²) in [5.74, 6) is 1.49. The average molecular weight is 361 g/mol. The molecule has 1 atom stereocenters. The van der Waals surface area contributed by atoms with Gasteiger partial charge in [0.2, 0.25) is 0 Å². The van der Waals surface area contributed by atoms with Crippen LogP contribution in [0.25, 0.3) is 0 Å². The summed E-state index contributed by atoms with van der Waals surface area (Å²) < 4.78 is 12.5. The number of carbonyl (C=O) groups is 1. The van der Waals surface area contributed by atoms with Gasteiger partial charge in [-0.05, 0) is 38.2 Å². The van der Waals surface area contributed by atoms with E-state index in [0.717, 1.165) is 31.6 Å². The second-order valence-corrected chi connectivity index (χ2v) is 6.99. The summed E-state index contributed by atoms with van der Waals surface area (Å²) in [7, 11) is 0. The van der Waals surface area contributed by atoms with Crippen molar-refractivity contribution in [3.8, 4) is 0 Å². The van der Waals surface area contributed by atoms with E-state index in [0.29, 0.717) is 42.8 Å². The molecule has 1 fully saturated rings. The van der Waals surface area contributed by atoms with Gasteiger partial charge in [-0.15, -0.1) is 0 Å². The maximum absolute atomic E-state index is 12.5. The molecule has 3 rings (SSSR count). The van der Waals surface area contributed by atoms with Crippen LogP contribution in [0.3, 0.4) is 0 Å². The highest BCUT2D eigenvalue weighted by Crippen LogP contribution is 2.26. The van der Waals surface area contributed by atoms with E-state index >= 15 is 0 Å². The Kier molecular flexibility index (Phi) is 6.03. The van der Waals surface area contributed by atoms with Gasteiger partial charge in [0.1, 0.15) is 11.8 Å². The number of nitrogens with zero attached hydrogens (tertiary/aromatic N) is 4. The van der Waals surface area contributed by atoms with Gasteiger partial charge in [-0.1, -0.05) is 19.0 Å². The fraction of sp³-hybridized carbons (Fsp3) is 0.667. The van der Waals surface area contributed by atoms with E-state index in [2.05, 4.69) is 34.4 Å². The third kappa shape index (κ3) is 4.49. The highest BCUT2D eigenvalue weighted by molar-refractivity contribution is 5.92. The van der Waals surface area contributed by atoms with E-state index in [-0.39, 0.29) is 12.0 Å². The monoisotopic (exact) mass is 361 g/mol. The molecule has 1 saturated heterocycles. The van der Waals surface area contributed by atoms with Crippen LogP contribution in [0.1, 0.15) is 67.6 Å². The molecule has 142 valence electrons. The number of amides is 1. The van der Waals surface area contributed by atoms with Gasteiger partial charge in [-0.2, -0.15) is 10.1 Å². The third-order valence-electron chi connectivity index (χ3n) is 4.30. The molecule has 1 aliphatic heterocycles. The van der Waals surface area contributed by atoms with E-state index in [1.54, 1.807) is 4.68 Å². The number of hydrogen-bond donors (Lipinski definition) is 1. The number of ether oxygens (including phenoxy) is 1. The van der Waals surface area contributed by atoms with E-state index in [9.17, 15) is 4.79 Å². The number of aryl methyl sites for hydroxylation is 1. The molecule has 3 heterocycles. The minimum atomic E-state index is -0.128. The largest absolute Gasteiger partial charge is 0.368 e. The van der Waals surface area contributed by atoms with Gasteiger partial charge in [-0.25, -0.2) is 0 Å². The second-order valence-electron chi connectivity index (χ2n) is 6.99. The van der Waals surface area contributed by atoms with Crippen LogP contribution in [0.15, 0.2) is 10.6 Å². The van der Waals surface area contributed by atoms with Crippen molar-refractivity contribution in [3.63, 3.8) is 0 Å². The highest BCUT2D eigenvalue weighted by atomic mass is 16.5. The summed E-state index contributed by atoms with van der Waals surface area (Å²) in [5.41, 5.74) is 1.54. The molecule has 0 aromatic carbocycles. The van der Waals surface area contributed by atoms with Crippen LogP contribution >= 0.6 is 0 Å². The summed E-state index contributed by atoms with van der Waals surface area (Å²) in [4.78, 5) is 16.8. The zero-order valence-electron chi connectivity index (χ0n) is 15.7. The summed E-state index contributed by atoms with van der Waals surface area (Å²) >= 11 is 0. The minimum Gasteiger partial charge on any atom is -0.368 e. The molecule has 0 saturated carbocycles. The maximum atomic E-state index is 12.5.